The fourth-order valence-electron chi connectivity index (χ4n) is 2.11. The molecular weight excluding hydrogens is 302 g/mol. The van der Waals surface area contributed by atoms with Crippen LogP contribution in [0.3, 0.4) is 0 Å². The van der Waals surface area contributed by atoms with E-state index in [1.807, 2.05) is 43.9 Å². The van der Waals surface area contributed by atoms with Crippen LogP contribution in [0.1, 0.15) is 52.0 Å². The Morgan fingerprint density at radius 1 is 1.29 bits per heavy atom. The summed E-state index contributed by atoms with van der Waals surface area (Å²) in [6.45, 7) is 12.4. The molecule has 1 amide bonds. The molecule has 2 rings (SSSR count). The zero-order chi connectivity index (χ0) is 15.8. The van der Waals surface area contributed by atoms with Gasteiger partial charge in [-0.1, -0.05) is 20.8 Å². The third kappa shape index (κ3) is 4.65. The van der Waals surface area contributed by atoms with Gasteiger partial charge >= 0.3 is 6.09 Å². The molecule has 0 saturated heterocycles. The van der Waals surface area contributed by atoms with E-state index < -0.39 is 5.60 Å². The number of ether oxygens (including phenoxy) is 1. The van der Waals surface area contributed by atoms with Gasteiger partial charge in [0.1, 0.15) is 5.60 Å². The highest BCUT2D eigenvalue weighted by Crippen LogP contribution is 2.41. The number of rotatable bonds is 1. The van der Waals surface area contributed by atoms with Crippen LogP contribution in [-0.2, 0) is 16.6 Å². The molecule has 2 heterocycles. The van der Waals surface area contributed by atoms with Gasteiger partial charge in [0.2, 0.25) is 0 Å². The number of hydrogen-bond donors (Lipinski definition) is 1. The monoisotopic (exact) mass is 327 g/mol. The second-order valence-electron chi connectivity index (χ2n) is 7.53. The Labute approximate surface area is 135 Å². The maximum absolute atomic E-state index is 11.9. The number of fused-ring (bicyclic) bond motifs is 1. The quantitative estimate of drug-likeness (QED) is 0.820. The molecule has 0 saturated carbocycles. The highest BCUT2D eigenvalue weighted by Gasteiger charge is 2.27. The van der Waals surface area contributed by atoms with Crippen LogP contribution in [0.15, 0.2) is 10.3 Å². The number of amides is 1. The first-order valence-electron chi connectivity index (χ1n) is 7.30. The summed E-state index contributed by atoms with van der Waals surface area (Å²) in [5.41, 5.74) is 1.11. The van der Waals surface area contributed by atoms with E-state index in [4.69, 9.17) is 4.74 Å². The fourth-order valence-corrected chi connectivity index (χ4v) is 4.68. The number of carbonyl (C=O) groups excluding carboxylic acids is 1. The van der Waals surface area contributed by atoms with Gasteiger partial charge in [-0.05, 0) is 44.2 Å². The largest absolute Gasteiger partial charge is 0.444 e. The standard InChI is InChI=1S/C16H25NO2S2/c1-15(2,3)12-8-10-7-11(9-20-13(10)21-12)17-14(18)19-16(4,5)6/h8,11H,7,9H2,1-6H3,(H,17,18). The maximum Gasteiger partial charge on any atom is 0.407 e. The molecule has 0 spiro atoms. The minimum Gasteiger partial charge on any atom is -0.444 e. The van der Waals surface area contributed by atoms with E-state index in [2.05, 4.69) is 32.2 Å². The first-order valence-corrected chi connectivity index (χ1v) is 9.10. The van der Waals surface area contributed by atoms with Crippen molar-refractivity contribution in [3.05, 3.63) is 16.5 Å². The van der Waals surface area contributed by atoms with E-state index in [1.165, 1.54) is 14.6 Å². The number of alkyl carbamates (subject to hydrolysis) is 1. The van der Waals surface area contributed by atoms with E-state index >= 15 is 0 Å². The molecule has 1 atom stereocenters. The molecule has 0 aromatic carbocycles. The molecule has 0 fully saturated rings. The van der Waals surface area contributed by atoms with Gasteiger partial charge in [-0.2, -0.15) is 0 Å². The van der Waals surface area contributed by atoms with Gasteiger partial charge in [0, 0.05) is 16.7 Å². The van der Waals surface area contributed by atoms with Crippen LogP contribution < -0.4 is 5.32 Å². The highest BCUT2D eigenvalue weighted by molar-refractivity contribution is 8.01. The average Bonchev–Trinajstić information content (AvgIpc) is 2.68. The molecule has 21 heavy (non-hydrogen) atoms. The van der Waals surface area contributed by atoms with Gasteiger partial charge in [0.05, 0.1) is 4.21 Å². The van der Waals surface area contributed by atoms with E-state index in [-0.39, 0.29) is 17.6 Å². The van der Waals surface area contributed by atoms with Gasteiger partial charge in [-0.15, -0.1) is 23.1 Å². The third-order valence-corrected chi connectivity index (χ3v) is 6.21. The van der Waals surface area contributed by atoms with E-state index in [0.29, 0.717) is 0 Å². The summed E-state index contributed by atoms with van der Waals surface area (Å²) < 4.78 is 6.74. The topological polar surface area (TPSA) is 38.3 Å². The molecule has 0 radical (unpaired) electrons. The second-order valence-corrected chi connectivity index (χ2v) is 9.87. The van der Waals surface area contributed by atoms with Crippen LogP contribution in [0.4, 0.5) is 4.79 Å². The van der Waals surface area contributed by atoms with Crippen molar-refractivity contribution in [3.63, 3.8) is 0 Å². The minimum absolute atomic E-state index is 0.153. The van der Waals surface area contributed by atoms with Crippen LogP contribution in [0, 0.1) is 0 Å². The van der Waals surface area contributed by atoms with Gasteiger partial charge in [0.15, 0.2) is 0 Å². The lowest BCUT2D eigenvalue weighted by molar-refractivity contribution is 0.0509. The summed E-state index contributed by atoms with van der Waals surface area (Å²) in [6, 6.07) is 2.45. The summed E-state index contributed by atoms with van der Waals surface area (Å²) in [5, 5.41) is 2.99. The predicted octanol–water partition coefficient (Wildman–Crippen LogP) is 4.59. The zero-order valence-electron chi connectivity index (χ0n) is 13.7. The van der Waals surface area contributed by atoms with Gasteiger partial charge < -0.3 is 10.1 Å². The van der Waals surface area contributed by atoms with E-state index in [1.54, 1.807) is 0 Å². The molecule has 1 aliphatic heterocycles. The summed E-state index contributed by atoms with van der Waals surface area (Å²) in [7, 11) is 0. The number of thioether (sulfide) groups is 1. The molecule has 1 aromatic rings. The van der Waals surface area contributed by atoms with Gasteiger partial charge in [-0.3, -0.25) is 0 Å². The van der Waals surface area contributed by atoms with Gasteiger partial charge in [0.25, 0.3) is 0 Å². The number of hydrogen-bond acceptors (Lipinski definition) is 4. The Bertz CT molecular complexity index is 523. The average molecular weight is 328 g/mol. The molecule has 1 N–H and O–H groups in total. The molecule has 0 aliphatic carbocycles. The third-order valence-electron chi connectivity index (χ3n) is 3.11. The molecule has 1 aliphatic rings. The molecule has 118 valence electrons. The molecule has 1 unspecified atom stereocenters. The van der Waals surface area contributed by atoms with Crippen LogP contribution in [0.25, 0.3) is 0 Å². The minimum atomic E-state index is -0.446. The van der Waals surface area contributed by atoms with Crippen LogP contribution in [-0.4, -0.2) is 23.5 Å². The summed E-state index contributed by atoms with van der Waals surface area (Å²) >= 11 is 3.73. The van der Waals surface area contributed by atoms with Crippen molar-refractivity contribution in [1.29, 1.82) is 0 Å². The lowest BCUT2D eigenvalue weighted by Crippen LogP contribution is -2.42. The van der Waals surface area contributed by atoms with Crippen LogP contribution in [0.2, 0.25) is 0 Å². The first-order chi connectivity index (χ1) is 9.54. The van der Waals surface area contributed by atoms with Crippen LogP contribution >= 0.6 is 23.1 Å². The molecule has 0 bridgehead atoms. The zero-order valence-corrected chi connectivity index (χ0v) is 15.3. The molecule has 1 aromatic heterocycles. The van der Waals surface area contributed by atoms with Crippen molar-refractivity contribution in [3.8, 4) is 0 Å². The van der Waals surface area contributed by atoms with Gasteiger partial charge in [-0.25, -0.2) is 4.79 Å². The van der Waals surface area contributed by atoms with Crippen molar-refractivity contribution in [2.45, 2.75) is 69.2 Å². The maximum atomic E-state index is 11.9. The molecule has 5 heteroatoms. The van der Waals surface area contributed by atoms with E-state index in [0.717, 1.165) is 12.2 Å². The van der Waals surface area contributed by atoms with Crippen molar-refractivity contribution in [2.24, 2.45) is 0 Å². The van der Waals surface area contributed by atoms with Crippen molar-refractivity contribution in [1.82, 2.24) is 5.32 Å². The molecule has 3 nitrogen and oxygen atoms in total. The van der Waals surface area contributed by atoms with Crippen molar-refractivity contribution in [2.75, 3.05) is 5.75 Å². The van der Waals surface area contributed by atoms with Crippen molar-refractivity contribution < 1.29 is 9.53 Å². The SMILES string of the molecule is CC(C)(C)OC(=O)NC1CSc2sc(C(C)(C)C)cc2C1. The number of carbonyl (C=O) groups is 1. The summed E-state index contributed by atoms with van der Waals surface area (Å²) in [5.74, 6) is 0.913. The Morgan fingerprint density at radius 2 is 1.95 bits per heavy atom. The lowest BCUT2D eigenvalue weighted by Gasteiger charge is -2.25. The Kier molecular flexibility index (Phi) is 4.64. The summed E-state index contributed by atoms with van der Waals surface area (Å²) in [4.78, 5) is 13.3. The number of thiophene rings is 1. The predicted molar refractivity (Wildman–Crippen MR) is 90.6 cm³/mol. The Morgan fingerprint density at radius 3 is 2.52 bits per heavy atom. The smallest absolute Gasteiger partial charge is 0.407 e. The fraction of sp³-hybridized carbons (Fsp3) is 0.688. The van der Waals surface area contributed by atoms with Crippen LogP contribution in [0.5, 0.6) is 0 Å². The summed E-state index contributed by atoms with van der Waals surface area (Å²) in [6.07, 6.45) is 0.580. The Hall–Kier alpha value is -0.680. The number of nitrogens with one attached hydrogen (secondary N) is 1. The van der Waals surface area contributed by atoms with E-state index in [9.17, 15) is 4.79 Å². The normalized spacial score (nSPS) is 19.0. The lowest BCUT2D eigenvalue weighted by atomic mass is 9.93. The second kappa shape index (κ2) is 5.84. The molecular formula is C16H25NO2S2. The first kappa shape index (κ1) is 16.7. The highest BCUT2D eigenvalue weighted by atomic mass is 32.2. The van der Waals surface area contributed by atoms with Crippen molar-refractivity contribution >= 4 is 29.2 Å². The Balaban J connectivity index is 2.00.